The molecule has 130 valence electrons. The minimum atomic E-state index is -0.524. The maximum atomic E-state index is 13.6. The molecule has 1 saturated heterocycles. The van der Waals surface area contributed by atoms with Crippen LogP contribution in [0.2, 0.25) is 0 Å². The largest absolute Gasteiger partial charge is 0.353 e. The van der Waals surface area contributed by atoms with Crippen molar-refractivity contribution in [1.82, 2.24) is 10.6 Å². The molecule has 1 aromatic carbocycles. The molecule has 24 heavy (non-hydrogen) atoms. The molecule has 0 aromatic heterocycles. The van der Waals surface area contributed by atoms with Gasteiger partial charge in [-0.15, -0.1) is 0 Å². The van der Waals surface area contributed by atoms with Crippen molar-refractivity contribution in [3.63, 3.8) is 0 Å². The van der Waals surface area contributed by atoms with Crippen molar-refractivity contribution in [2.24, 2.45) is 17.8 Å². The summed E-state index contributed by atoms with van der Waals surface area (Å²) in [7, 11) is 0. The first-order valence-corrected chi connectivity index (χ1v) is 8.87. The Morgan fingerprint density at radius 3 is 2.88 bits per heavy atom. The van der Waals surface area contributed by atoms with Crippen molar-refractivity contribution in [3.05, 3.63) is 35.6 Å². The lowest BCUT2D eigenvalue weighted by atomic mass is 9.72. The summed E-state index contributed by atoms with van der Waals surface area (Å²) in [5.41, 5.74) is 0.0481. The van der Waals surface area contributed by atoms with Crippen LogP contribution in [0.25, 0.3) is 0 Å². The molecule has 4 nitrogen and oxygen atoms in total. The highest BCUT2D eigenvalue weighted by molar-refractivity contribution is 5.94. The third-order valence-electron chi connectivity index (χ3n) is 5.44. The normalized spacial score (nSPS) is 29.5. The molecule has 1 aliphatic heterocycles. The fraction of sp³-hybridized carbons (Fsp3) is 0.579. The number of piperidine rings is 1. The summed E-state index contributed by atoms with van der Waals surface area (Å²) in [5, 5.41) is 5.89. The summed E-state index contributed by atoms with van der Waals surface area (Å²) in [6.07, 6.45) is 4.98. The Morgan fingerprint density at radius 2 is 2.08 bits per heavy atom. The van der Waals surface area contributed by atoms with Gasteiger partial charge in [0.15, 0.2) is 0 Å². The van der Waals surface area contributed by atoms with Crippen molar-refractivity contribution in [3.8, 4) is 0 Å². The van der Waals surface area contributed by atoms with Gasteiger partial charge < -0.3 is 10.6 Å². The maximum Gasteiger partial charge on any atom is 0.254 e. The van der Waals surface area contributed by atoms with Crippen LogP contribution in [0.15, 0.2) is 24.3 Å². The van der Waals surface area contributed by atoms with Gasteiger partial charge in [0.1, 0.15) is 5.82 Å². The molecule has 4 unspecified atom stereocenters. The van der Waals surface area contributed by atoms with Crippen molar-refractivity contribution in [1.29, 1.82) is 0 Å². The zero-order valence-corrected chi connectivity index (χ0v) is 14.1. The van der Waals surface area contributed by atoms with Crippen LogP contribution in [-0.4, -0.2) is 24.4 Å². The molecule has 0 spiro atoms. The molecule has 0 radical (unpaired) electrons. The Labute approximate surface area is 142 Å². The van der Waals surface area contributed by atoms with Gasteiger partial charge in [0.05, 0.1) is 5.56 Å². The van der Waals surface area contributed by atoms with Gasteiger partial charge in [0.2, 0.25) is 5.91 Å². The molecule has 2 amide bonds. The van der Waals surface area contributed by atoms with Crippen molar-refractivity contribution >= 4 is 11.8 Å². The Hall–Kier alpha value is -1.91. The molecule has 3 rings (SSSR count). The van der Waals surface area contributed by atoms with Crippen LogP contribution < -0.4 is 10.6 Å². The predicted octanol–water partition coefficient (Wildman–Crippen LogP) is 2.89. The highest BCUT2D eigenvalue weighted by Crippen LogP contribution is 2.36. The second kappa shape index (κ2) is 7.32. The summed E-state index contributed by atoms with van der Waals surface area (Å²) < 4.78 is 13.6. The molecule has 5 heteroatoms. The monoisotopic (exact) mass is 332 g/mol. The zero-order valence-electron chi connectivity index (χ0n) is 14.1. The molecule has 2 aliphatic rings. The second-order valence-corrected chi connectivity index (χ2v) is 7.25. The number of carbonyl (C=O) groups excluding carboxylic acids is 2. The number of hydrogen-bond acceptors (Lipinski definition) is 2. The third kappa shape index (κ3) is 3.77. The highest BCUT2D eigenvalue weighted by atomic mass is 19.1. The average molecular weight is 332 g/mol. The topological polar surface area (TPSA) is 58.2 Å². The fourth-order valence-corrected chi connectivity index (χ4v) is 4.02. The van der Waals surface area contributed by atoms with Gasteiger partial charge in [-0.25, -0.2) is 4.39 Å². The Morgan fingerprint density at radius 1 is 1.29 bits per heavy atom. The molecule has 2 N–H and O–H groups in total. The lowest BCUT2D eigenvalue weighted by molar-refractivity contribution is -0.130. The smallest absolute Gasteiger partial charge is 0.254 e. The predicted molar refractivity (Wildman–Crippen MR) is 89.9 cm³/mol. The van der Waals surface area contributed by atoms with E-state index in [1.807, 2.05) is 0 Å². The van der Waals surface area contributed by atoms with Crippen molar-refractivity contribution in [2.75, 3.05) is 6.54 Å². The van der Waals surface area contributed by atoms with E-state index in [0.29, 0.717) is 30.8 Å². The minimum Gasteiger partial charge on any atom is -0.353 e. The zero-order chi connectivity index (χ0) is 17.1. The summed E-state index contributed by atoms with van der Waals surface area (Å²) in [6, 6.07) is 6.25. The number of carbonyl (C=O) groups is 2. The molecular weight excluding hydrogens is 307 g/mol. The van der Waals surface area contributed by atoms with Gasteiger partial charge in [0, 0.05) is 18.5 Å². The van der Waals surface area contributed by atoms with E-state index in [9.17, 15) is 14.0 Å². The molecule has 1 saturated carbocycles. The fourth-order valence-electron chi connectivity index (χ4n) is 4.02. The van der Waals surface area contributed by atoms with Gasteiger partial charge in [-0.3, -0.25) is 9.59 Å². The van der Waals surface area contributed by atoms with E-state index >= 15 is 0 Å². The lowest BCUT2D eigenvalue weighted by Gasteiger charge is -2.41. The van der Waals surface area contributed by atoms with Crippen LogP contribution in [0.3, 0.4) is 0 Å². The molecule has 2 fully saturated rings. The van der Waals surface area contributed by atoms with E-state index in [1.54, 1.807) is 12.1 Å². The van der Waals surface area contributed by atoms with E-state index in [2.05, 4.69) is 17.6 Å². The quantitative estimate of drug-likeness (QED) is 0.891. The third-order valence-corrected chi connectivity index (χ3v) is 5.44. The molecule has 1 heterocycles. The van der Waals surface area contributed by atoms with Crippen LogP contribution in [0.1, 0.15) is 49.4 Å². The summed E-state index contributed by atoms with van der Waals surface area (Å²) in [5.74, 6) is 0.346. The van der Waals surface area contributed by atoms with Crippen LogP contribution in [-0.2, 0) is 4.79 Å². The number of hydrogen-bond donors (Lipinski definition) is 2. The Kier molecular flexibility index (Phi) is 5.17. The number of halogens is 1. The maximum absolute atomic E-state index is 13.6. The van der Waals surface area contributed by atoms with Crippen LogP contribution in [0.4, 0.5) is 4.39 Å². The second-order valence-electron chi connectivity index (χ2n) is 7.25. The van der Waals surface area contributed by atoms with Crippen LogP contribution in [0, 0.1) is 23.6 Å². The van der Waals surface area contributed by atoms with Gasteiger partial charge in [0.25, 0.3) is 5.91 Å². The first-order chi connectivity index (χ1) is 11.5. The average Bonchev–Trinajstić information content (AvgIpc) is 2.55. The number of benzene rings is 1. The molecular formula is C19H25FN2O2. The number of fused-ring (bicyclic) bond motifs is 1. The number of amides is 2. The van der Waals surface area contributed by atoms with E-state index in [0.717, 1.165) is 12.8 Å². The molecule has 1 aliphatic carbocycles. The molecule has 0 bridgehead atoms. The minimum absolute atomic E-state index is 0.0481. The molecule has 4 atom stereocenters. The van der Waals surface area contributed by atoms with Crippen molar-refractivity contribution < 1.29 is 14.0 Å². The van der Waals surface area contributed by atoms with Gasteiger partial charge >= 0.3 is 0 Å². The molecule has 1 aromatic rings. The van der Waals surface area contributed by atoms with E-state index < -0.39 is 11.7 Å². The SMILES string of the molecule is CC1CCC2CC(CCNC(=O)c3ccccc3F)C(=O)NC2C1. The number of rotatable bonds is 4. The van der Waals surface area contributed by atoms with Crippen LogP contribution >= 0.6 is 0 Å². The summed E-state index contributed by atoms with van der Waals surface area (Å²) in [4.78, 5) is 24.3. The summed E-state index contributed by atoms with van der Waals surface area (Å²) >= 11 is 0. The highest BCUT2D eigenvalue weighted by Gasteiger charge is 2.38. The van der Waals surface area contributed by atoms with E-state index in [4.69, 9.17) is 0 Å². The standard InChI is InChI=1S/C19H25FN2O2/c1-12-6-7-13-11-14(18(23)22-17(13)10-12)8-9-21-19(24)15-4-2-3-5-16(15)20/h2-5,12-14,17H,6-11H2,1H3,(H,21,24)(H,22,23). The lowest BCUT2D eigenvalue weighted by Crippen LogP contribution is -2.52. The Bertz CT molecular complexity index is 619. The Balaban J connectivity index is 1.49. The van der Waals surface area contributed by atoms with Crippen molar-refractivity contribution in [2.45, 2.75) is 45.1 Å². The van der Waals surface area contributed by atoms with Gasteiger partial charge in [-0.1, -0.05) is 25.5 Å². The van der Waals surface area contributed by atoms with Gasteiger partial charge in [-0.05, 0) is 49.7 Å². The van der Waals surface area contributed by atoms with E-state index in [-0.39, 0.29) is 17.4 Å². The number of nitrogens with one attached hydrogen (secondary N) is 2. The first-order valence-electron chi connectivity index (χ1n) is 8.87. The van der Waals surface area contributed by atoms with Crippen LogP contribution in [0.5, 0.6) is 0 Å². The first kappa shape index (κ1) is 16.9. The van der Waals surface area contributed by atoms with E-state index in [1.165, 1.54) is 25.0 Å². The van der Waals surface area contributed by atoms with Gasteiger partial charge in [-0.2, -0.15) is 0 Å². The summed E-state index contributed by atoms with van der Waals surface area (Å²) in [6.45, 7) is 2.63.